The molecule has 38 heavy (non-hydrogen) atoms. The molecule has 194 valence electrons. The van der Waals surface area contributed by atoms with Gasteiger partial charge in [-0.15, -0.1) is 0 Å². The molecular formula is C28H27N5O5. The number of aldehydes is 1. The zero-order chi connectivity index (χ0) is 26.9. The molecule has 4 aromatic rings. The highest BCUT2D eigenvalue weighted by Gasteiger charge is 2.28. The lowest BCUT2D eigenvalue weighted by Gasteiger charge is -2.30. The van der Waals surface area contributed by atoms with Crippen LogP contribution >= 0.6 is 0 Å². The molecule has 2 aromatic carbocycles. The van der Waals surface area contributed by atoms with Crippen LogP contribution in [0, 0.1) is 0 Å². The summed E-state index contributed by atoms with van der Waals surface area (Å²) >= 11 is 0. The fourth-order valence-electron chi connectivity index (χ4n) is 4.24. The molecule has 0 unspecified atom stereocenters. The molecular weight excluding hydrogens is 486 g/mol. The van der Waals surface area contributed by atoms with Gasteiger partial charge in [-0.1, -0.05) is 12.1 Å². The Labute approximate surface area is 219 Å². The lowest BCUT2D eigenvalue weighted by atomic mass is 10.1. The van der Waals surface area contributed by atoms with Gasteiger partial charge in [-0.3, -0.25) is 9.36 Å². The largest absolute Gasteiger partial charge is 0.444 e. The summed E-state index contributed by atoms with van der Waals surface area (Å²) in [5.41, 5.74) is 2.69. The van der Waals surface area contributed by atoms with Gasteiger partial charge in [0.1, 0.15) is 24.0 Å². The second-order valence-electron chi connectivity index (χ2n) is 9.94. The van der Waals surface area contributed by atoms with Crippen molar-refractivity contribution >= 4 is 35.0 Å². The number of carbonyl (C=O) groups excluding carboxylic acids is 3. The van der Waals surface area contributed by atoms with Crippen LogP contribution in [-0.2, 0) is 17.7 Å². The molecule has 10 heteroatoms. The van der Waals surface area contributed by atoms with Crippen LogP contribution in [0.15, 0.2) is 61.1 Å². The number of aromatic nitrogens is 3. The van der Waals surface area contributed by atoms with Crippen molar-refractivity contribution in [1.82, 2.24) is 19.4 Å². The second kappa shape index (κ2) is 9.97. The zero-order valence-corrected chi connectivity index (χ0v) is 21.3. The van der Waals surface area contributed by atoms with Gasteiger partial charge in [0.05, 0.1) is 17.8 Å². The van der Waals surface area contributed by atoms with Crippen molar-refractivity contribution in [3.05, 3.63) is 77.9 Å². The van der Waals surface area contributed by atoms with E-state index in [1.165, 1.54) is 10.9 Å². The number of carbonyl (C=O) groups is 3. The highest BCUT2D eigenvalue weighted by Crippen LogP contribution is 2.31. The summed E-state index contributed by atoms with van der Waals surface area (Å²) in [6.07, 6.45) is 3.99. The molecule has 0 fully saturated rings. The smallest absolute Gasteiger partial charge is 0.410 e. The van der Waals surface area contributed by atoms with Gasteiger partial charge in [-0.2, -0.15) is 0 Å². The average Bonchev–Trinajstić information content (AvgIpc) is 3.31. The maximum atomic E-state index is 12.9. The van der Waals surface area contributed by atoms with E-state index in [1.807, 2.05) is 32.9 Å². The summed E-state index contributed by atoms with van der Waals surface area (Å²) in [6.45, 7) is 6.29. The Balaban J connectivity index is 1.32. The first-order valence-electron chi connectivity index (χ1n) is 12.2. The standard InChI is InChI=1S/C28H27N5O5/c1-28(2,3)38-27(36)32-11-10-22-23(15-32)29-17-30-25(22)37-21-7-8-24-19(14-21)9-12-33(24)26(35)31-20-6-4-5-18(13-20)16-34/h4-9,12-14,16-17H,10-11,15H2,1-3H3,(H,31,35). The molecule has 0 saturated carbocycles. The van der Waals surface area contributed by atoms with Crippen LogP contribution in [-0.4, -0.2) is 50.0 Å². The SMILES string of the molecule is CC(C)(C)OC(=O)N1CCc2c(ncnc2Oc2ccc3c(ccn3C(=O)Nc3cccc(C=O)c3)c2)C1. The van der Waals surface area contributed by atoms with Crippen LogP contribution < -0.4 is 10.1 Å². The van der Waals surface area contributed by atoms with Crippen molar-refractivity contribution in [3.8, 4) is 11.6 Å². The summed E-state index contributed by atoms with van der Waals surface area (Å²) in [5.74, 6) is 0.996. The number of nitrogens with one attached hydrogen (secondary N) is 1. The quantitative estimate of drug-likeness (QED) is 0.363. The summed E-state index contributed by atoms with van der Waals surface area (Å²) in [6, 6.07) is 13.6. The summed E-state index contributed by atoms with van der Waals surface area (Å²) in [5, 5.41) is 3.61. The molecule has 1 N–H and O–H groups in total. The van der Waals surface area contributed by atoms with Crippen molar-refractivity contribution < 1.29 is 23.9 Å². The summed E-state index contributed by atoms with van der Waals surface area (Å²) < 4.78 is 13.1. The number of fused-ring (bicyclic) bond motifs is 2. The minimum atomic E-state index is -0.572. The molecule has 0 bridgehead atoms. The van der Waals surface area contributed by atoms with Gasteiger partial charge in [-0.05, 0) is 63.6 Å². The molecule has 0 radical (unpaired) electrons. The van der Waals surface area contributed by atoms with Crippen LogP contribution in [0.25, 0.3) is 10.9 Å². The first-order chi connectivity index (χ1) is 18.2. The number of hydrogen-bond donors (Lipinski definition) is 1. The minimum Gasteiger partial charge on any atom is -0.444 e. The Morgan fingerprint density at radius 2 is 1.92 bits per heavy atom. The third-order valence-corrected chi connectivity index (χ3v) is 5.99. The molecule has 2 amide bonds. The molecule has 1 aliphatic rings. The first-order valence-corrected chi connectivity index (χ1v) is 12.2. The zero-order valence-electron chi connectivity index (χ0n) is 21.3. The van der Waals surface area contributed by atoms with Gasteiger partial charge in [0.15, 0.2) is 0 Å². The Bertz CT molecular complexity index is 1540. The molecule has 10 nitrogen and oxygen atoms in total. The van der Waals surface area contributed by atoms with Gasteiger partial charge in [0, 0.05) is 34.9 Å². The van der Waals surface area contributed by atoms with Crippen LogP contribution in [0.5, 0.6) is 11.6 Å². The van der Waals surface area contributed by atoms with Crippen LogP contribution in [0.1, 0.15) is 42.4 Å². The van der Waals surface area contributed by atoms with Gasteiger partial charge < -0.3 is 19.7 Å². The summed E-state index contributed by atoms with van der Waals surface area (Å²) in [7, 11) is 0. The van der Waals surface area contributed by atoms with Gasteiger partial charge in [0.2, 0.25) is 5.88 Å². The highest BCUT2D eigenvalue weighted by atomic mass is 16.6. The van der Waals surface area contributed by atoms with E-state index >= 15 is 0 Å². The number of benzene rings is 2. The fourth-order valence-corrected chi connectivity index (χ4v) is 4.24. The van der Waals surface area contributed by atoms with Crippen LogP contribution in [0.2, 0.25) is 0 Å². The third kappa shape index (κ3) is 5.34. The van der Waals surface area contributed by atoms with Crippen LogP contribution in [0.4, 0.5) is 15.3 Å². The number of anilines is 1. The number of nitrogens with zero attached hydrogens (tertiary/aromatic N) is 4. The normalized spacial score (nSPS) is 13.1. The van der Waals surface area contributed by atoms with E-state index in [-0.39, 0.29) is 12.1 Å². The fraction of sp³-hybridized carbons (Fsp3) is 0.250. The van der Waals surface area contributed by atoms with E-state index < -0.39 is 5.60 Å². The number of rotatable bonds is 4. The monoisotopic (exact) mass is 513 g/mol. The Kier molecular flexibility index (Phi) is 6.54. The minimum absolute atomic E-state index is 0.315. The lowest BCUT2D eigenvalue weighted by molar-refractivity contribution is 0.0219. The van der Waals surface area contributed by atoms with E-state index in [9.17, 15) is 14.4 Å². The van der Waals surface area contributed by atoms with Crippen LogP contribution in [0.3, 0.4) is 0 Å². The van der Waals surface area contributed by atoms with E-state index in [0.29, 0.717) is 47.9 Å². The van der Waals surface area contributed by atoms with Gasteiger partial charge in [-0.25, -0.2) is 19.6 Å². The number of ether oxygens (including phenoxy) is 2. The summed E-state index contributed by atoms with van der Waals surface area (Å²) in [4.78, 5) is 46.7. The van der Waals surface area contributed by atoms with E-state index in [1.54, 1.807) is 47.5 Å². The predicted octanol–water partition coefficient (Wildman–Crippen LogP) is 5.41. The van der Waals surface area contributed by atoms with Crippen molar-refractivity contribution in [3.63, 3.8) is 0 Å². The molecule has 0 aliphatic carbocycles. The van der Waals surface area contributed by atoms with E-state index in [4.69, 9.17) is 9.47 Å². The third-order valence-electron chi connectivity index (χ3n) is 5.99. The van der Waals surface area contributed by atoms with Gasteiger partial charge >= 0.3 is 12.1 Å². The Morgan fingerprint density at radius 1 is 1.08 bits per heavy atom. The molecule has 5 rings (SSSR count). The molecule has 0 saturated heterocycles. The molecule has 3 heterocycles. The maximum Gasteiger partial charge on any atom is 0.410 e. The van der Waals surface area contributed by atoms with E-state index in [0.717, 1.165) is 22.9 Å². The molecule has 2 aromatic heterocycles. The number of hydrogen-bond acceptors (Lipinski definition) is 7. The first kappa shape index (κ1) is 24.9. The van der Waals surface area contributed by atoms with Gasteiger partial charge in [0.25, 0.3) is 0 Å². The molecule has 0 atom stereocenters. The maximum absolute atomic E-state index is 12.9. The Hall–Kier alpha value is -4.73. The molecule has 1 aliphatic heterocycles. The topological polar surface area (TPSA) is 116 Å². The second-order valence-corrected chi connectivity index (χ2v) is 9.94. The van der Waals surface area contributed by atoms with Crippen molar-refractivity contribution in [2.75, 3.05) is 11.9 Å². The number of amides is 2. The van der Waals surface area contributed by atoms with E-state index in [2.05, 4.69) is 15.3 Å². The van der Waals surface area contributed by atoms with Crippen molar-refractivity contribution in [1.29, 1.82) is 0 Å². The lowest BCUT2D eigenvalue weighted by Crippen LogP contribution is -2.40. The highest BCUT2D eigenvalue weighted by molar-refractivity contribution is 5.99. The predicted molar refractivity (Wildman–Crippen MR) is 141 cm³/mol. The Morgan fingerprint density at radius 3 is 2.71 bits per heavy atom. The molecule has 0 spiro atoms. The average molecular weight is 514 g/mol. The van der Waals surface area contributed by atoms with Crippen molar-refractivity contribution in [2.45, 2.75) is 39.3 Å². The van der Waals surface area contributed by atoms with Crippen molar-refractivity contribution in [2.24, 2.45) is 0 Å².